The summed E-state index contributed by atoms with van der Waals surface area (Å²) in [5.74, 6) is 0.729. The summed E-state index contributed by atoms with van der Waals surface area (Å²) in [6.07, 6.45) is 9.56. The summed E-state index contributed by atoms with van der Waals surface area (Å²) >= 11 is 0. The maximum absolute atomic E-state index is 5.96. The van der Waals surface area contributed by atoms with Gasteiger partial charge in [0.1, 0.15) is 0 Å². The molecule has 80 valence electrons. The van der Waals surface area contributed by atoms with Gasteiger partial charge in [0.05, 0.1) is 0 Å². The summed E-state index contributed by atoms with van der Waals surface area (Å²) in [7, 11) is 0. The molecule has 3 rings (SSSR count). The van der Waals surface area contributed by atoms with E-state index in [4.69, 9.17) is 5.73 Å². The lowest BCUT2D eigenvalue weighted by Crippen LogP contribution is -2.18. The van der Waals surface area contributed by atoms with Crippen LogP contribution in [0.2, 0.25) is 0 Å². The normalized spacial score (nSPS) is 25.8. The van der Waals surface area contributed by atoms with E-state index in [0.29, 0.717) is 6.04 Å². The maximum atomic E-state index is 5.96. The van der Waals surface area contributed by atoms with Crippen LogP contribution < -0.4 is 5.73 Å². The third kappa shape index (κ3) is 1.67. The van der Waals surface area contributed by atoms with Gasteiger partial charge in [-0.3, -0.25) is 4.98 Å². The molecule has 2 N–H and O–H groups in total. The van der Waals surface area contributed by atoms with Crippen LogP contribution in [0.25, 0.3) is 0 Å². The number of aromatic nitrogens is 1. The van der Waals surface area contributed by atoms with Gasteiger partial charge in [0, 0.05) is 23.9 Å². The molecule has 0 radical (unpaired) electrons. The van der Waals surface area contributed by atoms with Crippen molar-refractivity contribution in [2.75, 3.05) is 0 Å². The molecule has 2 heteroatoms. The first-order chi connectivity index (χ1) is 7.33. The second-order valence-corrected chi connectivity index (χ2v) is 5.03. The fraction of sp³-hybridized carbons (Fsp3) is 0.615. The van der Waals surface area contributed by atoms with E-state index in [2.05, 4.69) is 17.2 Å². The number of rotatable bonds is 1. The molecule has 1 aromatic rings. The van der Waals surface area contributed by atoms with Crippen molar-refractivity contribution in [3.8, 4) is 0 Å². The third-order valence-electron chi connectivity index (χ3n) is 3.84. The molecule has 1 unspecified atom stereocenters. The Hall–Kier alpha value is -0.890. The van der Waals surface area contributed by atoms with Crippen molar-refractivity contribution in [1.82, 2.24) is 4.98 Å². The van der Waals surface area contributed by atoms with Gasteiger partial charge in [-0.25, -0.2) is 0 Å². The van der Waals surface area contributed by atoms with Crippen LogP contribution in [-0.4, -0.2) is 11.0 Å². The van der Waals surface area contributed by atoms with Crippen LogP contribution in [0.1, 0.15) is 48.4 Å². The highest BCUT2D eigenvalue weighted by Crippen LogP contribution is 2.34. The van der Waals surface area contributed by atoms with Crippen LogP contribution in [0.4, 0.5) is 0 Å². The zero-order valence-electron chi connectivity index (χ0n) is 9.08. The first kappa shape index (κ1) is 9.34. The van der Waals surface area contributed by atoms with Crippen LogP contribution in [0.3, 0.4) is 0 Å². The lowest BCUT2D eigenvalue weighted by Gasteiger charge is -2.09. The van der Waals surface area contributed by atoms with E-state index in [1.807, 2.05) is 0 Å². The minimum Gasteiger partial charge on any atom is -0.327 e. The monoisotopic (exact) mass is 202 g/mol. The number of nitrogens with zero attached hydrogens (tertiary/aromatic N) is 1. The van der Waals surface area contributed by atoms with Crippen molar-refractivity contribution in [1.29, 1.82) is 0 Å². The minimum absolute atomic E-state index is 0.334. The molecule has 0 aromatic carbocycles. The first-order valence-corrected chi connectivity index (χ1v) is 6.06. The SMILES string of the molecule is NC1Cc2cnc(C3CCCC3)cc2C1. The Labute approximate surface area is 90.9 Å². The highest BCUT2D eigenvalue weighted by molar-refractivity contribution is 5.34. The Morgan fingerprint density at radius 3 is 2.67 bits per heavy atom. The molecule has 0 amide bonds. The van der Waals surface area contributed by atoms with Crippen molar-refractivity contribution >= 4 is 0 Å². The summed E-state index contributed by atoms with van der Waals surface area (Å²) < 4.78 is 0. The number of hydrogen-bond donors (Lipinski definition) is 1. The molecule has 0 bridgehead atoms. The molecule has 15 heavy (non-hydrogen) atoms. The average Bonchev–Trinajstić information content (AvgIpc) is 2.82. The van der Waals surface area contributed by atoms with Gasteiger partial charge in [0.15, 0.2) is 0 Å². The molecular formula is C13H18N2. The topological polar surface area (TPSA) is 38.9 Å². The Bertz CT molecular complexity index is 367. The molecule has 0 saturated heterocycles. The van der Waals surface area contributed by atoms with E-state index in [-0.39, 0.29) is 0 Å². The molecule has 2 nitrogen and oxygen atoms in total. The zero-order valence-corrected chi connectivity index (χ0v) is 9.08. The lowest BCUT2D eigenvalue weighted by atomic mass is 10.0. The number of hydrogen-bond acceptors (Lipinski definition) is 2. The van der Waals surface area contributed by atoms with Gasteiger partial charge in [-0.1, -0.05) is 12.8 Å². The van der Waals surface area contributed by atoms with E-state index in [1.165, 1.54) is 42.5 Å². The number of pyridine rings is 1. The highest BCUT2D eigenvalue weighted by atomic mass is 14.7. The molecule has 1 heterocycles. The van der Waals surface area contributed by atoms with Gasteiger partial charge >= 0.3 is 0 Å². The largest absolute Gasteiger partial charge is 0.327 e. The van der Waals surface area contributed by atoms with Crippen LogP contribution in [0, 0.1) is 0 Å². The summed E-state index contributed by atoms with van der Waals surface area (Å²) in [6, 6.07) is 2.65. The first-order valence-electron chi connectivity index (χ1n) is 6.06. The van der Waals surface area contributed by atoms with Crippen LogP contribution >= 0.6 is 0 Å². The Balaban J connectivity index is 1.89. The number of fused-ring (bicyclic) bond motifs is 1. The predicted molar refractivity (Wildman–Crippen MR) is 60.8 cm³/mol. The Kier molecular flexibility index (Phi) is 2.24. The smallest absolute Gasteiger partial charge is 0.0437 e. The lowest BCUT2D eigenvalue weighted by molar-refractivity contribution is 0.695. The molecule has 1 saturated carbocycles. The minimum atomic E-state index is 0.334. The van der Waals surface area contributed by atoms with Crippen LogP contribution in [0.5, 0.6) is 0 Å². The van der Waals surface area contributed by atoms with E-state index in [0.717, 1.165) is 18.8 Å². The standard InChI is InChI=1S/C13H18N2/c14-12-5-10-7-13(9-3-1-2-4-9)15-8-11(10)6-12/h7-9,12H,1-6,14H2. The average molecular weight is 202 g/mol. The molecule has 1 fully saturated rings. The van der Waals surface area contributed by atoms with Gasteiger partial charge in [0.25, 0.3) is 0 Å². The summed E-state index contributed by atoms with van der Waals surface area (Å²) in [5.41, 5.74) is 10.1. The van der Waals surface area contributed by atoms with Crippen molar-refractivity contribution < 1.29 is 0 Å². The van der Waals surface area contributed by atoms with E-state index >= 15 is 0 Å². The fourth-order valence-electron chi connectivity index (χ4n) is 3.00. The van der Waals surface area contributed by atoms with Crippen LogP contribution in [0.15, 0.2) is 12.3 Å². The number of nitrogens with two attached hydrogens (primary N) is 1. The second-order valence-electron chi connectivity index (χ2n) is 5.03. The molecule has 2 aliphatic carbocycles. The second kappa shape index (κ2) is 3.60. The predicted octanol–water partition coefficient (Wildman–Crippen LogP) is 2.17. The Morgan fingerprint density at radius 1 is 1.13 bits per heavy atom. The quantitative estimate of drug-likeness (QED) is 0.758. The van der Waals surface area contributed by atoms with Gasteiger partial charge in [-0.05, 0) is 42.9 Å². The van der Waals surface area contributed by atoms with Gasteiger partial charge in [0.2, 0.25) is 0 Å². The van der Waals surface area contributed by atoms with Gasteiger partial charge in [-0.2, -0.15) is 0 Å². The van der Waals surface area contributed by atoms with E-state index in [9.17, 15) is 0 Å². The molecule has 0 spiro atoms. The van der Waals surface area contributed by atoms with E-state index in [1.54, 1.807) is 0 Å². The molecule has 2 aliphatic rings. The van der Waals surface area contributed by atoms with Crippen molar-refractivity contribution in [2.45, 2.75) is 50.5 Å². The maximum Gasteiger partial charge on any atom is 0.0437 e. The fourth-order valence-corrected chi connectivity index (χ4v) is 3.00. The Morgan fingerprint density at radius 2 is 1.87 bits per heavy atom. The van der Waals surface area contributed by atoms with Gasteiger partial charge in [-0.15, -0.1) is 0 Å². The molecule has 1 aromatic heterocycles. The molecule has 0 aliphatic heterocycles. The molecular weight excluding hydrogens is 184 g/mol. The van der Waals surface area contributed by atoms with Gasteiger partial charge < -0.3 is 5.73 Å². The summed E-state index contributed by atoms with van der Waals surface area (Å²) in [5, 5.41) is 0. The van der Waals surface area contributed by atoms with Crippen molar-refractivity contribution in [2.24, 2.45) is 5.73 Å². The highest BCUT2D eigenvalue weighted by Gasteiger charge is 2.23. The summed E-state index contributed by atoms with van der Waals surface area (Å²) in [4.78, 5) is 4.61. The molecule has 1 atom stereocenters. The third-order valence-corrected chi connectivity index (χ3v) is 3.84. The van der Waals surface area contributed by atoms with E-state index < -0.39 is 0 Å². The summed E-state index contributed by atoms with van der Waals surface area (Å²) in [6.45, 7) is 0. The van der Waals surface area contributed by atoms with Crippen molar-refractivity contribution in [3.05, 3.63) is 29.1 Å². The van der Waals surface area contributed by atoms with Crippen LogP contribution in [-0.2, 0) is 12.8 Å². The zero-order chi connectivity index (χ0) is 10.3. The van der Waals surface area contributed by atoms with Crippen molar-refractivity contribution in [3.63, 3.8) is 0 Å².